The van der Waals surface area contributed by atoms with E-state index in [1.807, 2.05) is 6.92 Å². The van der Waals surface area contributed by atoms with Gasteiger partial charge >= 0.3 is 0 Å². The van der Waals surface area contributed by atoms with Gasteiger partial charge in [-0.05, 0) is 50.3 Å². The van der Waals surface area contributed by atoms with E-state index in [1.165, 1.54) is 22.7 Å². The van der Waals surface area contributed by atoms with Gasteiger partial charge in [0.05, 0.1) is 17.8 Å². The molecular weight excluding hydrogens is 399 g/mol. The third-order valence-electron chi connectivity index (χ3n) is 6.01. The van der Waals surface area contributed by atoms with Crippen LogP contribution in [0, 0.1) is 18.7 Å². The predicted molar refractivity (Wildman–Crippen MR) is 114 cm³/mol. The number of rotatable bonds is 6. The van der Waals surface area contributed by atoms with Crippen LogP contribution in [0.25, 0.3) is 5.65 Å². The van der Waals surface area contributed by atoms with Crippen molar-refractivity contribution in [2.45, 2.75) is 51.2 Å². The molecule has 0 unspecified atom stereocenters. The van der Waals surface area contributed by atoms with Crippen molar-refractivity contribution in [3.63, 3.8) is 0 Å². The van der Waals surface area contributed by atoms with Crippen molar-refractivity contribution < 1.29 is 13.9 Å². The molecule has 1 aliphatic carbocycles. The van der Waals surface area contributed by atoms with Gasteiger partial charge in [-0.1, -0.05) is 12.1 Å². The number of carbonyl (C=O) groups is 1. The van der Waals surface area contributed by atoms with E-state index < -0.39 is 6.04 Å². The number of aromatic nitrogens is 3. The summed E-state index contributed by atoms with van der Waals surface area (Å²) in [4.78, 5) is 30.0. The van der Waals surface area contributed by atoms with E-state index >= 15 is 0 Å². The largest absolute Gasteiger partial charge is 0.381 e. The quantitative estimate of drug-likeness (QED) is 0.634. The van der Waals surface area contributed by atoms with Gasteiger partial charge < -0.3 is 10.1 Å². The molecule has 3 aromatic rings. The first kappa shape index (κ1) is 21.2. The topological polar surface area (TPSA) is 88.5 Å². The molecule has 8 heteroatoms. The Labute approximate surface area is 179 Å². The molecule has 1 atom stereocenters. The highest BCUT2D eigenvalue weighted by atomic mass is 19.1. The Morgan fingerprint density at radius 2 is 1.97 bits per heavy atom. The lowest BCUT2D eigenvalue weighted by Gasteiger charge is -2.28. The maximum absolute atomic E-state index is 13.5. The second-order valence-corrected chi connectivity index (χ2v) is 8.24. The van der Waals surface area contributed by atoms with Gasteiger partial charge in [-0.2, -0.15) is 0 Å². The average Bonchev–Trinajstić information content (AvgIpc) is 3.14. The van der Waals surface area contributed by atoms with Gasteiger partial charge in [0.25, 0.3) is 5.56 Å². The molecule has 2 N–H and O–H groups in total. The third kappa shape index (κ3) is 4.85. The molecule has 0 bridgehead atoms. The van der Waals surface area contributed by atoms with Crippen LogP contribution in [0.3, 0.4) is 0 Å². The lowest BCUT2D eigenvalue weighted by Crippen LogP contribution is -2.37. The molecule has 2 aromatic heterocycles. The number of hydrogen-bond acceptors (Lipinski definition) is 4. The summed E-state index contributed by atoms with van der Waals surface area (Å²) in [6.45, 7) is 1.85. The van der Waals surface area contributed by atoms with Gasteiger partial charge in [-0.15, -0.1) is 0 Å². The molecule has 1 aliphatic rings. The summed E-state index contributed by atoms with van der Waals surface area (Å²) in [6.07, 6.45) is 3.81. The highest BCUT2D eigenvalue weighted by molar-refractivity contribution is 5.79. The number of aryl methyl sites for hydroxylation is 1. The Bertz CT molecular complexity index is 1110. The monoisotopic (exact) mass is 426 g/mol. The number of methoxy groups -OCH3 is 1. The molecule has 7 nitrogen and oxygen atoms in total. The highest BCUT2D eigenvalue weighted by Gasteiger charge is 2.28. The Morgan fingerprint density at radius 3 is 2.65 bits per heavy atom. The maximum Gasteiger partial charge on any atom is 0.272 e. The Balaban J connectivity index is 1.57. The number of carbonyl (C=O) groups excluding carboxylic acids is 1. The molecule has 0 aliphatic heterocycles. The van der Waals surface area contributed by atoms with Gasteiger partial charge in [-0.25, -0.2) is 13.9 Å². The number of hydrogen-bond donors (Lipinski definition) is 2. The molecule has 1 amide bonds. The smallest absolute Gasteiger partial charge is 0.272 e. The zero-order chi connectivity index (χ0) is 22.0. The number of ether oxygens (including phenoxy) is 1. The molecular formula is C23H27FN4O3. The maximum atomic E-state index is 13.5. The molecule has 0 radical (unpaired) electrons. The zero-order valence-electron chi connectivity index (χ0n) is 17.7. The minimum atomic E-state index is -0.414. The normalized spacial score (nSPS) is 20.0. The van der Waals surface area contributed by atoms with Crippen LogP contribution in [0.15, 0.2) is 41.2 Å². The van der Waals surface area contributed by atoms with E-state index in [0.717, 1.165) is 36.9 Å². The first-order valence-corrected chi connectivity index (χ1v) is 10.6. The summed E-state index contributed by atoms with van der Waals surface area (Å²) in [7, 11) is 1.70. The van der Waals surface area contributed by atoms with Crippen LogP contribution in [0.4, 0.5) is 4.39 Å². The summed E-state index contributed by atoms with van der Waals surface area (Å²) in [5.74, 6) is -0.450. The summed E-state index contributed by atoms with van der Waals surface area (Å²) in [6, 6.07) is 8.92. The molecule has 2 heterocycles. The minimum absolute atomic E-state index is 0.0285. The van der Waals surface area contributed by atoms with Crippen LogP contribution in [0.2, 0.25) is 0 Å². The van der Waals surface area contributed by atoms with Crippen LogP contribution in [0.1, 0.15) is 48.7 Å². The van der Waals surface area contributed by atoms with Gasteiger partial charge in [0.1, 0.15) is 5.82 Å². The van der Waals surface area contributed by atoms with E-state index in [4.69, 9.17) is 4.74 Å². The van der Waals surface area contributed by atoms with Crippen LogP contribution in [-0.2, 0) is 16.0 Å². The molecule has 31 heavy (non-hydrogen) atoms. The van der Waals surface area contributed by atoms with Gasteiger partial charge in [0.2, 0.25) is 5.91 Å². The fourth-order valence-electron chi connectivity index (χ4n) is 4.27. The van der Waals surface area contributed by atoms with Crippen LogP contribution in [0.5, 0.6) is 0 Å². The number of fused-ring (bicyclic) bond motifs is 1. The van der Waals surface area contributed by atoms with Crippen LogP contribution in [-0.4, -0.2) is 33.7 Å². The van der Waals surface area contributed by atoms with Gasteiger partial charge in [0.15, 0.2) is 5.65 Å². The SMILES string of the molecule is COC1CCC(C(=O)N[C@H](Cc2cc(=O)n3[nH]c(C)cc3n2)c2ccc(F)cc2)CC1. The van der Waals surface area contributed by atoms with E-state index in [1.54, 1.807) is 25.3 Å². The second kappa shape index (κ2) is 9.01. The van der Waals surface area contributed by atoms with Crippen molar-refractivity contribution in [1.82, 2.24) is 19.9 Å². The summed E-state index contributed by atoms with van der Waals surface area (Å²) < 4.78 is 20.3. The van der Waals surface area contributed by atoms with Crippen molar-refractivity contribution in [3.8, 4) is 0 Å². The number of amides is 1. The summed E-state index contributed by atoms with van der Waals surface area (Å²) in [5, 5.41) is 6.07. The van der Waals surface area contributed by atoms with Gasteiger partial charge in [-0.3, -0.25) is 14.7 Å². The van der Waals surface area contributed by atoms with E-state index in [-0.39, 0.29) is 29.3 Å². The Hall–Kier alpha value is -3.00. The average molecular weight is 426 g/mol. The van der Waals surface area contributed by atoms with Crippen molar-refractivity contribution >= 4 is 11.6 Å². The second-order valence-electron chi connectivity index (χ2n) is 8.24. The molecule has 1 saturated carbocycles. The van der Waals surface area contributed by atoms with Crippen molar-refractivity contribution in [2.24, 2.45) is 5.92 Å². The molecule has 0 saturated heterocycles. The number of halogens is 1. The van der Waals surface area contributed by atoms with Crippen molar-refractivity contribution in [3.05, 3.63) is 69.5 Å². The molecule has 0 spiro atoms. The Kier molecular flexibility index (Phi) is 6.18. The van der Waals surface area contributed by atoms with E-state index in [2.05, 4.69) is 15.4 Å². The first-order chi connectivity index (χ1) is 14.9. The molecule has 1 aromatic carbocycles. The summed E-state index contributed by atoms with van der Waals surface area (Å²) in [5.41, 5.74) is 2.49. The molecule has 1 fully saturated rings. The number of aromatic amines is 1. The lowest BCUT2D eigenvalue weighted by atomic mass is 9.86. The van der Waals surface area contributed by atoms with Crippen LogP contribution >= 0.6 is 0 Å². The fraction of sp³-hybridized carbons (Fsp3) is 0.435. The number of H-pyrrole nitrogens is 1. The third-order valence-corrected chi connectivity index (χ3v) is 6.01. The van der Waals surface area contributed by atoms with E-state index in [9.17, 15) is 14.0 Å². The lowest BCUT2D eigenvalue weighted by molar-refractivity contribution is -0.127. The molecule has 164 valence electrons. The number of benzene rings is 1. The van der Waals surface area contributed by atoms with Gasteiger partial charge in [0, 0.05) is 37.3 Å². The number of nitrogens with one attached hydrogen (secondary N) is 2. The minimum Gasteiger partial charge on any atom is -0.381 e. The van der Waals surface area contributed by atoms with Crippen molar-refractivity contribution in [1.29, 1.82) is 0 Å². The number of nitrogens with zero attached hydrogens (tertiary/aromatic N) is 2. The highest BCUT2D eigenvalue weighted by Crippen LogP contribution is 2.27. The summed E-state index contributed by atoms with van der Waals surface area (Å²) >= 11 is 0. The fourth-order valence-corrected chi connectivity index (χ4v) is 4.27. The zero-order valence-corrected chi connectivity index (χ0v) is 17.7. The predicted octanol–water partition coefficient (Wildman–Crippen LogP) is 3.08. The van der Waals surface area contributed by atoms with E-state index in [0.29, 0.717) is 17.8 Å². The first-order valence-electron chi connectivity index (χ1n) is 10.6. The Morgan fingerprint density at radius 1 is 1.26 bits per heavy atom. The molecule has 4 rings (SSSR count). The standard InChI is InChI=1S/C23H27FN4O3/c1-14-11-21-25-18(13-22(29)28(21)27-14)12-20(15-3-7-17(24)8-4-15)26-23(30)16-5-9-19(31-2)10-6-16/h3-4,7-8,11,13,16,19-20,27H,5-6,9-10,12H2,1-2H3,(H,26,30)/t16?,19?,20-/m1/s1. The van der Waals surface area contributed by atoms with Crippen molar-refractivity contribution in [2.75, 3.05) is 7.11 Å². The van der Waals surface area contributed by atoms with Crippen LogP contribution < -0.4 is 10.9 Å².